The van der Waals surface area contributed by atoms with Crippen molar-refractivity contribution in [3.05, 3.63) is 35.4 Å². The lowest BCUT2D eigenvalue weighted by Crippen LogP contribution is -2.30. The summed E-state index contributed by atoms with van der Waals surface area (Å²) in [4.78, 5) is 11.1. The van der Waals surface area contributed by atoms with Crippen molar-refractivity contribution in [2.24, 2.45) is 0 Å². The number of carbonyl (C=O) groups is 1. The van der Waals surface area contributed by atoms with Gasteiger partial charge in [-0.2, -0.15) is 11.8 Å². The van der Waals surface area contributed by atoms with E-state index in [2.05, 4.69) is 0 Å². The maximum absolute atomic E-state index is 11.1. The third-order valence-corrected chi connectivity index (χ3v) is 4.13. The number of Topliss-reactive ketones (excluding diaryl/α,β-unsaturated/α-hetero) is 1. The minimum atomic E-state index is -0.680. The van der Waals surface area contributed by atoms with Crippen LogP contribution >= 0.6 is 11.8 Å². The summed E-state index contributed by atoms with van der Waals surface area (Å²) in [5.41, 5.74) is 0.968. The van der Waals surface area contributed by atoms with Crippen LogP contribution in [0.4, 0.5) is 0 Å². The first kappa shape index (κ1) is 11.7. The Bertz CT molecular complexity index is 377. The first-order valence-electron chi connectivity index (χ1n) is 5.53. The molecule has 0 aromatic heterocycles. The zero-order valence-electron chi connectivity index (χ0n) is 9.40. The first-order chi connectivity index (χ1) is 7.62. The van der Waals surface area contributed by atoms with Crippen LogP contribution in [0.15, 0.2) is 24.3 Å². The Labute approximate surface area is 100 Å². The van der Waals surface area contributed by atoms with Crippen molar-refractivity contribution in [2.75, 3.05) is 11.5 Å². The zero-order chi connectivity index (χ0) is 11.6. The van der Waals surface area contributed by atoms with Crippen molar-refractivity contribution in [3.8, 4) is 0 Å². The molecule has 0 atom stereocenters. The molecular weight excluding hydrogens is 220 g/mol. The predicted molar refractivity (Wildman–Crippen MR) is 66.9 cm³/mol. The number of hydrogen-bond donors (Lipinski definition) is 1. The highest BCUT2D eigenvalue weighted by atomic mass is 32.2. The zero-order valence-corrected chi connectivity index (χ0v) is 10.2. The molecule has 86 valence electrons. The Morgan fingerprint density at radius 2 is 1.81 bits per heavy atom. The Morgan fingerprint density at radius 3 is 2.31 bits per heavy atom. The molecule has 0 bridgehead atoms. The van der Waals surface area contributed by atoms with E-state index in [0.717, 1.165) is 29.9 Å². The largest absolute Gasteiger partial charge is 0.385 e. The highest BCUT2D eigenvalue weighted by Gasteiger charge is 2.31. The third kappa shape index (κ3) is 2.30. The lowest BCUT2D eigenvalue weighted by Gasteiger charge is -2.32. The molecular formula is C13H16O2S. The summed E-state index contributed by atoms with van der Waals surface area (Å²) in [6, 6.07) is 7.37. The second kappa shape index (κ2) is 4.60. The second-order valence-corrected chi connectivity index (χ2v) is 5.50. The van der Waals surface area contributed by atoms with Crippen LogP contribution in [-0.2, 0) is 5.60 Å². The molecule has 0 unspecified atom stereocenters. The normalized spacial score (nSPS) is 19.4. The van der Waals surface area contributed by atoms with Crippen LogP contribution in [0, 0.1) is 0 Å². The highest BCUT2D eigenvalue weighted by molar-refractivity contribution is 7.99. The monoisotopic (exact) mass is 236 g/mol. The molecule has 0 saturated carbocycles. The van der Waals surface area contributed by atoms with Crippen LogP contribution in [0.3, 0.4) is 0 Å². The number of rotatable bonds is 2. The van der Waals surface area contributed by atoms with Gasteiger partial charge in [0.05, 0.1) is 5.60 Å². The van der Waals surface area contributed by atoms with E-state index in [4.69, 9.17) is 0 Å². The van der Waals surface area contributed by atoms with Crippen molar-refractivity contribution in [1.82, 2.24) is 0 Å². The molecule has 1 saturated heterocycles. The topological polar surface area (TPSA) is 37.3 Å². The van der Waals surface area contributed by atoms with E-state index in [0.29, 0.717) is 5.56 Å². The fraction of sp³-hybridized carbons (Fsp3) is 0.462. The summed E-state index contributed by atoms with van der Waals surface area (Å²) in [6.45, 7) is 1.56. The summed E-state index contributed by atoms with van der Waals surface area (Å²) in [7, 11) is 0. The number of aliphatic hydroxyl groups is 1. The summed E-state index contributed by atoms with van der Waals surface area (Å²) >= 11 is 1.89. The van der Waals surface area contributed by atoms with Crippen LogP contribution in [-0.4, -0.2) is 22.4 Å². The molecule has 0 amide bonds. The molecule has 0 spiro atoms. The molecule has 2 nitrogen and oxygen atoms in total. The number of hydrogen-bond acceptors (Lipinski definition) is 3. The molecule has 1 N–H and O–H groups in total. The van der Waals surface area contributed by atoms with E-state index >= 15 is 0 Å². The third-order valence-electron chi connectivity index (χ3n) is 3.15. The van der Waals surface area contributed by atoms with Crippen LogP contribution in [0.2, 0.25) is 0 Å². The lowest BCUT2D eigenvalue weighted by atomic mass is 9.87. The SMILES string of the molecule is CC(=O)c1ccc(C2(O)CCSCC2)cc1. The Morgan fingerprint density at radius 1 is 1.25 bits per heavy atom. The predicted octanol–water partition coefficient (Wildman–Crippen LogP) is 2.60. The van der Waals surface area contributed by atoms with E-state index in [1.807, 2.05) is 23.9 Å². The van der Waals surface area contributed by atoms with Crippen molar-refractivity contribution in [3.63, 3.8) is 0 Å². The van der Waals surface area contributed by atoms with Gasteiger partial charge in [-0.15, -0.1) is 0 Å². The van der Waals surface area contributed by atoms with Crippen LogP contribution in [0.25, 0.3) is 0 Å². The molecule has 1 aromatic rings. The molecule has 1 heterocycles. The van der Waals surface area contributed by atoms with Gasteiger partial charge >= 0.3 is 0 Å². The number of benzene rings is 1. The fourth-order valence-electron chi connectivity index (χ4n) is 2.01. The van der Waals surface area contributed by atoms with Crippen LogP contribution < -0.4 is 0 Å². The molecule has 3 heteroatoms. The Hall–Kier alpha value is -0.800. The van der Waals surface area contributed by atoms with Gasteiger partial charge in [0.1, 0.15) is 0 Å². The molecule has 16 heavy (non-hydrogen) atoms. The maximum Gasteiger partial charge on any atom is 0.159 e. The van der Waals surface area contributed by atoms with Crippen molar-refractivity contribution in [2.45, 2.75) is 25.4 Å². The molecule has 1 fully saturated rings. The summed E-state index contributed by atoms with van der Waals surface area (Å²) in [6.07, 6.45) is 1.61. The molecule has 0 radical (unpaired) electrons. The average molecular weight is 236 g/mol. The molecule has 0 aliphatic carbocycles. The van der Waals surface area contributed by atoms with Gasteiger partial charge in [-0.05, 0) is 36.8 Å². The highest BCUT2D eigenvalue weighted by Crippen LogP contribution is 2.35. The van der Waals surface area contributed by atoms with Gasteiger partial charge in [0.2, 0.25) is 0 Å². The van der Waals surface area contributed by atoms with Gasteiger partial charge in [-0.25, -0.2) is 0 Å². The van der Waals surface area contributed by atoms with E-state index in [9.17, 15) is 9.90 Å². The molecule has 1 aliphatic heterocycles. The number of carbonyl (C=O) groups excluding carboxylic acids is 1. The van der Waals surface area contributed by atoms with Crippen LogP contribution in [0.1, 0.15) is 35.7 Å². The smallest absolute Gasteiger partial charge is 0.159 e. The summed E-state index contributed by atoms with van der Waals surface area (Å²) < 4.78 is 0. The van der Waals surface area contributed by atoms with E-state index in [-0.39, 0.29) is 5.78 Å². The standard InChI is InChI=1S/C13H16O2S/c1-10(14)11-2-4-12(5-3-11)13(15)6-8-16-9-7-13/h2-5,15H,6-9H2,1H3. The lowest BCUT2D eigenvalue weighted by molar-refractivity contribution is 0.0280. The molecule has 2 rings (SSSR count). The summed E-state index contributed by atoms with van der Waals surface area (Å²) in [5, 5.41) is 10.5. The minimum absolute atomic E-state index is 0.0674. The average Bonchev–Trinajstić information content (AvgIpc) is 2.30. The second-order valence-electron chi connectivity index (χ2n) is 4.28. The first-order valence-corrected chi connectivity index (χ1v) is 6.69. The summed E-state index contributed by atoms with van der Waals surface area (Å²) in [5.74, 6) is 2.08. The quantitative estimate of drug-likeness (QED) is 0.802. The van der Waals surface area contributed by atoms with Crippen molar-refractivity contribution < 1.29 is 9.90 Å². The number of ketones is 1. The van der Waals surface area contributed by atoms with Gasteiger partial charge in [-0.3, -0.25) is 4.79 Å². The fourth-order valence-corrected chi connectivity index (χ4v) is 3.18. The van der Waals surface area contributed by atoms with Gasteiger partial charge in [-0.1, -0.05) is 24.3 Å². The minimum Gasteiger partial charge on any atom is -0.385 e. The van der Waals surface area contributed by atoms with Gasteiger partial charge in [0.25, 0.3) is 0 Å². The maximum atomic E-state index is 11.1. The van der Waals surface area contributed by atoms with Crippen LogP contribution in [0.5, 0.6) is 0 Å². The van der Waals surface area contributed by atoms with E-state index in [1.165, 1.54) is 0 Å². The van der Waals surface area contributed by atoms with Crippen molar-refractivity contribution >= 4 is 17.5 Å². The van der Waals surface area contributed by atoms with E-state index < -0.39 is 5.60 Å². The van der Waals surface area contributed by atoms with Gasteiger partial charge in [0.15, 0.2) is 5.78 Å². The Balaban J connectivity index is 2.23. The molecule has 1 aliphatic rings. The molecule has 1 aromatic carbocycles. The van der Waals surface area contributed by atoms with Crippen molar-refractivity contribution in [1.29, 1.82) is 0 Å². The number of thioether (sulfide) groups is 1. The van der Waals surface area contributed by atoms with E-state index in [1.54, 1.807) is 19.1 Å². The Kier molecular flexibility index (Phi) is 3.36. The van der Waals surface area contributed by atoms with Gasteiger partial charge < -0.3 is 5.11 Å². The van der Waals surface area contributed by atoms with Gasteiger partial charge in [0, 0.05) is 5.56 Å².